The van der Waals surface area contributed by atoms with Crippen molar-refractivity contribution in [2.45, 2.75) is 31.3 Å². The van der Waals surface area contributed by atoms with E-state index in [9.17, 15) is 13.2 Å². The largest absolute Gasteiger partial charge is 0.468 e. The molecule has 2 rings (SSSR count). The number of furan rings is 1. The van der Waals surface area contributed by atoms with Gasteiger partial charge >= 0.3 is 0 Å². The van der Waals surface area contributed by atoms with Gasteiger partial charge in [-0.05, 0) is 39.1 Å². The maximum Gasteiger partial charge on any atom is 0.238 e. The number of amides is 1. The second kappa shape index (κ2) is 7.46. The Labute approximate surface area is 137 Å². The van der Waals surface area contributed by atoms with E-state index in [1.165, 1.54) is 4.31 Å². The molecule has 0 spiro atoms. The van der Waals surface area contributed by atoms with E-state index in [1.54, 1.807) is 12.3 Å². The highest BCUT2D eigenvalue weighted by Gasteiger charge is 2.34. The maximum atomic E-state index is 12.5. The number of carbonyl (C=O) groups is 1. The number of hydrogen-bond acceptors (Lipinski definition) is 5. The van der Waals surface area contributed by atoms with Gasteiger partial charge in [-0.15, -0.1) is 0 Å². The molecule has 23 heavy (non-hydrogen) atoms. The van der Waals surface area contributed by atoms with Gasteiger partial charge < -0.3 is 9.73 Å². The molecule has 1 aliphatic rings. The highest BCUT2D eigenvalue weighted by atomic mass is 32.2. The van der Waals surface area contributed by atoms with Gasteiger partial charge in [-0.2, -0.15) is 4.31 Å². The van der Waals surface area contributed by atoms with Crippen molar-refractivity contribution >= 4 is 15.9 Å². The zero-order valence-electron chi connectivity index (χ0n) is 13.9. The maximum absolute atomic E-state index is 12.5. The van der Waals surface area contributed by atoms with E-state index >= 15 is 0 Å². The van der Waals surface area contributed by atoms with Crippen molar-refractivity contribution in [1.29, 1.82) is 0 Å². The van der Waals surface area contributed by atoms with Crippen LogP contribution in [0.2, 0.25) is 0 Å². The van der Waals surface area contributed by atoms with E-state index in [0.717, 1.165) is 24.9 Å². The molecule has 0 saturated carbocycles. The Balaban J connectivity index is 2.02. The zero-order chi connectivity index (χ0) is 17.0. The number of carbonyl (C=O) groups excluding carboxylic acids is 1. The quantitative estimate of drug-likeness (QED) is 0.826. The molecule has 1 aromatic rings. The third-order valence-corrected chi connectivity index (χ3v) is 5.44. The minimum atomic E-state index is -3.37. The summed E-state index contributed by atoms with van der Waals surface area (Å²) < 4.78 is 30.4. The Morgan fingerprint density at radius 2 is 2.22 bits per heavy atom. The number of hydrogen-bond donors (Lipinski definition) is 1. The van der Waals surface area contributed by atoms with E-state index in [1.807, 2.05) is 25.1 Å². The van der Waals surface area contributed by atoms with Crippen LogP contribution in [0.4, 0.5) is 0 Å². The second-order valence-corrected chi connectivity index (χ2v) is 8.06. The molecule has 0 radical (unpaired) electrons. The molecule has 1 fully saturated rings. The fourth-order valence-corrected chi connectivity index (χ4v) is 4.02. The summed E-state index contributed by atoms with van der Waals surface area (Å²) in [6.45, 7) is 0.777. The van der Waals surface area contributed by atoms with Gasteiger partial charge in [-0.3, -0.25) is 9.69 Å². The summed E-state index contributed by atoms with van der Waals surface area (Å²) >= 11 is 0. The monoisotopic (exact) mass is 343 g/mol. The zero-order valence-corrected chi connectivity index (χ0v) is 14.7. The van der Waals surface area contributed by atoms with Gasteiger partial charge in [-0.1, -0.05) is 6.42 Å². The van der Waals surface area contributed by atoms with E-state index in [0.29, 0.717) is 19.5 Å². The van der Waals surface area contributed by atoms with Gasteiger partial charge in [0.15, 0.2) is 0 Å². The summed E-state index contributed by atoms with van der Waals surface area (Å²) in [4.78, 5) is 14.4. The summed E-state index contributed by atoms with van der Waals surface area (Å²) in [5.41, 5.74) is 0. The highest BCUT2D eigenvalue weighted by molar-refractivity contribution is 7.88. The standard InChI is InChI=1S/C15H25N3O4S/c1-17(2)13(14-8-6-10-22-14)11-16-15(19)12-7-4-5-9-18(12)23(3,20)21/h6,8,10,12-13H,4-5,7,9,11H2,1-3H3,(H,16,19)/t12-,13+/m1/s1. The molecule has 7 nitrogen and oxygen atoms in total. The third kappa shape index (κ3) is 4.55. The molecule has 8 heteroatoms. The van der Waals surface area contributed by atoms with E-state index in [-0.39, 0.29) is 11.9 Å². The Morgan fingerprint density at radius 1 is 1.48 bits per heavy atom. The van der Waals surface area contributed by atoms with Gasteiger partial charge in [0.1, 0.15) is 11.8 Å². The molecule has 1 amide bonds. The highest BCUT2D eigenvalue weighted by Crippen LogP contribution is 2.21. The summed E-state index contributed by atoms with van der Waals surface area (Å²) in [7, 11) is 0.436. The molecule has 130 valence electrons. The molecule has 0 bridgehead atoms. The van der Waals surface area contributed by atoms with E-state index < -0.39 is 16.1 Å². The lowest BCUT2D eigenvalue weighted by molar-refractivity contribution is -0.125. The normalized spacial score (nSPS) is 21.3. The van der Waals surface area contributed by atoms with Crippen LogP contribution in [0.3, 0.4) is 0 Å². The van der Waals surface area contributed by atoms with Crippen LogP contribution in [0.5, 0.6) is 0 Å². The van der Waals surface area contributed by atoms with Crippen molar-refractivity contribution in [2.75, 3.05) is 33.4 Å². The summed E-state index contributed by atoms with van der Waals surface area (Å²) in [5.74, 6) is 0.521. The van der Waals surface area contributed by atoms with Crippen molar-refractivity contribution in [3.05, 3.63) is 24.2 Å². The molecule has 0 aromatic carbocycles. The lowest BCUT2D eigenvalue weighted by Gasteiger charge is -2.33. The fraction of sp³-hybridized carbons (Fsp3) is 0.667. The lowest BCUT2D eigenvalue weighted by Crippen LogP contribution is -2.52. The molecule has 0 aliphatic carbocycles. The third-order valence-electron chi connectivity index (χ3n) is 4.15. The molecule has 0 unspecified atom stereocenters. The van der Waals surface area contributed by atoms with Crippen LogP contribution in [0.15, 0.2) is 22.8 Å². The number of nitrogens with zero attached hydrogens (tertiary/aromatic N) is 2. The van der Waals surface area contributed by atoms with Crippen LogP contribution in [0.1, 0.15) is 31.1 Å². The minimum Gasteiger partial charge on any atom is -0.468 e. The molecular weight excluding hydrogens is 318 g/mol. The van der Waals surface area contributed by atoms with Crippen molar-refractivity contribution in [3.8, 4) is 0 Å². The topological polar surface area (TPSA) is 82.9 Å². The van der Waals surface area contributed by atoms with Crippen molar-refractivity contribution in [2.24, 2.45) is 0 Å². The molecule has 1 aliphatic heterocycles. The lowest BCUT2D eigenvalue weighted by atomic mass is 10.0. The predicted molar refractivity (Wildman–Crippen MR) is 87.3 cm³/mol. The first-order valence-corrected chi connectivity index (χ1v) is 9.60. The van der Waals surface area contributed by atoms with Gasteiger partial charge in [-0.25, -0.2) is 8.42 Å². The van der Waals surface area contributed by atoms with Crippen LogP contribution in [-0.4, -0.2) is 63.0 Å². The summed E-state index contributed by atoms with van der Waals surface area (Å²) in [5, 5.41) is 2.88. The summed E-state index contributed by atoms with van der Waals surface area (Å²) in [6.07, 6.45) is 4.97. The van der Waals surface area contributed by atoms with E-state index in [4.69, 9.17) is 4.42 Å². The average molecular weight is 343 g/mol. The first-order chi connectivity index (χ1) is 10.8. The van der Waals surface area contributed by atoms with Crippen LogP contribution in [0, 0.1) is 0 Å². The average Bonchev–Trinajstić information content (AvgIpc) is 3.00. The van der Waals surface area contributed by atoms with E-state index in [2.05, 4.69) is 5.32 Å². The van der Waals surface area contributed by atoms with Crippen molar-refractivity contribution in [3.63, 3.8) is 0 Å². The predicted octanol–water partition coefficient (Wildman–Crippen LogP) is 0.813. The van der Waals surface area contributed by atoms with Crippen LogP contribution >= 0.6 is 0 Å². The number of nitrogens with one attached hydrogen (secondary N) is 1. The molecule has 1 N–H and O–H groups in total. The van der Waals surface area contributed by atoms with Gasteiger partial charge in [0.05, 0.1) is 18.6 Å². The minimum absolute atomic E-state index is 0.0933. The van der Waals surface area contributed by atoms with Crippen molar-refractivity contribution < 1.29 is 17.6 Å². The Morgan fingerprint density at radius 3 is 2.78 bits per heavy atom. The molecule has 2 atom stereocenters. The fourth-order valence-electron chi connectivity index (χ4n) is 2.90. The second-order valence-electron chi connectivity index (χ2n) is 6.13. The Bertz CT molecular complexity index is 613. The molecule has 2 heterocycles. The van der Waals surface area contributed by atoms with Crippen LogP contribution < -0.4 is 5.32 Å². The number of rotatable bonds is 6. The molecule has 1 saturated heterocycles. The summed E-state index contributed by atoms with van der Waals surface area (Å²) in [6, 6.07) is 2.96. The Kier molecular flexibility index (Phi) is 5.83. The number of likely N-dealkylation sites (N-methyl/N-ethyl adjacent to an activating group) is 1. The van der Waals surface area contributed by atoms with Gasteiger partial charge in [0.25, 0.3) is 0 Å². The molecule has 1 aromatic heterocycles. The first-order valence-electron chi connectivity index (χ1n) is 7.75. The smallest absolute Gasteiger partial charge is 0.238 e. The number of piperidine rings is 1. The van der Waals surface area contributed by atoms with Gasteiger partial charge in [0.2, 0.25) is 15.9 Å². The Hall–Kier alpha value is -1.38. The number of sulfonamides is 1. The first kappa shape index (κ1) is 18.0. The SMILES string of the molecule is CN(C)[C@@H](CNC(=O)[C@H]1CCCCN1S(C)(=O)=O)c1ccco1. The van der Waals surface area contributed by atoms with Gasteiger partial charge in [0, 0.05) is 13.1 Å². The van der Waals surface area contributed by atoms with Crippen molar-refractivity contribution in [1.82, 2.24) is 14.5 Å². The molecular formula is C15H25N3O4S. The van der Waals surface area contributed by atoms with Crippen LogP contribution in [-0.2, 0) is 14.8 Å². The van der Waals surface area contributed by atoms with Crippen LogP contribution in [0.25, 0.3) is 0 Å².